The van der Waals surface area contributed by atoms with Gasteiger partial charge in [-0.1, -0.05) is 12.1 Å². The molecular weight excluding hydrogens is 397 g/mol. The van der Waals surface area contributed by atoms with E-state index in [1.807, 2.05) is 0 Å². The summed E-state index contributed by atoms with van der Waals surface area (Å²) in [5.41, 5.74) is 4.58. The summed E-state index contributed by atoms with van der Waals surface area (Å²) in [6.07, 6.45) is 6.17. The molecule has 1 aromatic carbocycles. The molecule has 1 aromatic rings. The Hall–Kier alpha value is -2.00. The van der Waals surface area contributed by atoms with E-state index in [-0.39, 0.29) is 24.3 Å². The van der Waals surface area contributed by atoms with Gasteiger partial charge in [0, 0.05) is 13.0 Å². The Balaban J connectivity index is 1.25. The Morgan fingerprint density at radius 2 is 1.59 bits per heavy atom. The van der Waals surface area contributed by atoms with Crippen LogP contribution in [-0.2, 0) is 19.6 Å². The second-order valence-electron chi connectivity index (χ2n) is 8.78. The minimum atomic E-state index is -4.04. The summed E-state index contributed by atoms with van der Waals surface area (Å²) < 4.78 is 40.1. The number of benzene rings is 1. The molecule has 4 fully saturated rings. The summed E-state index contributed by atoms with van der Waals surface area (Å²) in [6.45, 7) is -0.199. The minimum absolute atomic E-state index is 0.128. The molecule has 4 bridgehead atoms. The number of rotatable bonds is 6. The van der Waals surface area contributed by atoms with Crippen molar-refractivity contribution < 1.29 is 22.4 Å². The van der Waals surface area contributed by atoms with Crippen LogP contribution in [0.25, 0.3) is 0 Å². The molecule has 29 heavy (non-hydrogen) atoms. The number of hydrogen-bond acceptors (Lipinski definition) is 4. The van der Waals surface area contributed by atoms with E-state index in [0.717, 1.165) is 31.4 Å². The predicted octanol–water partition coefficient (Wildman–Crippen LogP) is 1.86. The number of carbonyl (C=O) groups excluding carboxylic acids is 2. The molecule has 0 atom stereocenters. The second-order valence-corrected chi connectivity index (χ2v) is 10.5. The van der Waals surface area contributed by atoms with Crippen LogP contribution in [-0.4, -0.2) is 26.8 Å². The van der Waals surface area contributed by atoms with Crippen LogP contribution in [0.3, 0.4) is 0 Å². The molecule has 3 N–H and O–H groups in total. The lowest BCUT2D eigenvalue weighted by atomic mass is 9.49. The minimum Gasteiger partial charge on any atom is -0.273 e. The number of amides is 2. The van der Waals surface area contributed by atoms with Gasteiger partial charge in [0.2, 0.25) is 21.8 Å². The van der Waals surface area contributed by atoms with Crippen molar-refractivity contribution in [3.05, 3.63) is 30.1 Å². The van der Waals surface area contributed by atoms with Crippen molar-refractivity contribution in [1.82, 2.24) is 15.6 Å². The molecular formula is C20H26FN3O4S. The van der Waals surface area contributed by atoms with Crippen LogP contribution in [0.5, 0.6) is 0 Å². The highest BCUT2D eigenvalue weighted by Gasteiger charge is 2.54. The van der Waals surface area contributed by atoms with Crippen LogP contribution < -0.4 is 15.6 Å². The third kappa shape index (κ3) is 4.16. The molecule has 0 saturated heterocycles. The zero-order chi connectivity index (χ0) is 20.6. The number of hydrogen-bond donors (Lipinski definition) is 3. The molecule has 4 aliphatic rings. The van der Waals surface area contributed by atoms with Crippen LogP contribution in [0, 0.1) is 29.0 Å². The first-order valence-electron chi connectivity index (χ1n) is 10.1. The summed E-state index contributed by atoms with van der Waals surface area (Å²) >= 11 is 0. The van der Waals surface area contributed by atoms with Crippen molar-refractivity contribution in [3.8, 4) is 0 Å². The van der Waals surface area contributed by atoms with E-state index in [4.69, 9.17) is 0 Å². The second kappa shape index (κ2) is 7.68. The van der Waals surface area contributed by atoms with E-state index in [1.165, 1.54) is 31.4 Å². The van der Waals surface area contributed by atoms with Crippen LogP contribution in [0.4, 0.5) is 4.39 Å². The number of sulfonamides is 1. The molecule has 7 nitrogen and oxygen atoms in total. The predicted molar refractivity (Wildman–Crippen MR) is 103 cm³/mol. The molecule has 0 heterocycles. The van der Waals surface area contributed by atoms with Crippen molar-refractivity contribution in [1.29, 1.82) is 0 Å². The topological polar surface area (TPSA) is 104 Å². The monoisotopic (exact) mass is 423 g/mol. The maximum atomic E-state index is 13.6. The number of hydrazine groups is 1. The molecule has 158 valence electrons. The smallest absolute Gasteiger partial charge is 0.244 e. The number of nitrogens with one attached hydrogen (secondary N) is 3. The van der Waals surface area contributed by atoms with Gasteiger partial charge in [-0.3, -0.25) is 20.4 Å². The lowest BCUT2D eigenvalue weighted by Gasteiger charge is -2.55. The first kappa shape index (κ1) is 20.3. The summed E-state index contributed by atoms with van der Waals surface area (Å²) in [7, 11) is -4.04. The van der Waals surface area contributed by atoms with Crippen LogP contribution in [0.2, 0.25) is 0 Å². The first-order valence-corrected chi connectivity index (χ1v) is 11.6. The molecule has 5 rings (SSSR count). The quantitative estimate of drug-likeness (QED) is 0.608. The van der Waals surface area contributed by atoms with Gasteiger partial charge in [0.05, 0.1) is 5.41 Å². The van der Waals surface area contributed by atoms with Crippen molar-refractivity contribution in [3.63, 3.8) is 0 Å². The zero-order valence-corrected chi connectivity index (χ0v) is 16.9. The fraction of sp³-hybridized carbons (Fsp3) is 0.600. The third-order valence-electron chi connectivity index (χ3n) is 6.61. The van der Waals surface area contributed by atoms with Crippen LogP contribution in [0.15, 0.2) is 29.2 Å². The third-order valence-corrected chi connectivity index (χ3v) is 8.10. The molecule has 4 aliphatic carbocycles. The van der Waals surface area contributed by atoms with Crippen molar-refractivity contribution in [2.24, 2.45) is 23.2 Å². The van der Waals surface area contributed by atoms with Gasteiger partial charge in [0.1, 0.15) is 10.7 Å². The van der Waals surface area contributed by atoms with Crippen molar-refractivity contribution in [2.75, 3.05) is 6.54 Å². The average Bonchev–Trinajstić information content (AvgIpc) is 2.65. The zero-order valence-electron chi connectivity index (χ0n) is 16.1. The largest absolute Gasteiger partial charge is 0.273 e. The maximum absolute atomic E-state index is 13.6. The average molecular weight is 424 g/mol. The van der Waals surface area contributed by atoms with Crippen molar-refractivity contribution >= 4 is 21.8 Å². The summed E-state index contributed by atoms with van der Waals surface area (Å²) in [4.78, 5) is 24.3. The number of carbonyl (C=O) groups is 2. The molecule has 2 amide bonds. The Labute approximate surface area is 169 Å². The van der Waals surface area contributed by atoms with E-state index in [0.29, 0.717) is 17.8 Å². The molecule has 0 spiro atoms. The fourth-order valence-electron chi connectivity index (χ4n) is 5.75. The Morgan fingerprint density at radius 1 is 1.00 bits per heavy atom. The van der Waals surface area contributed by atoms with E-state index < -0.39 is 26.6 Å². The fourth-order valence-corrected chi connectivity index (χ4v) is 6.86. The Bertz CT molecular complexity index is 883. The van der Waals surface area contributed by atoms with Gasteiger partial charge in [-0.05, 0) is 68.4 Å². The SMILES string of the molecule is O=C(CCNS(=O)(=O)c1ccccc1F)NNC(=O)C12CC3CC(CC(C3)C1)C2. The van der Waals surface area contributed by atoms with Gasteiger partial charge in [-0.2, -0.15) is 0 Å². The molecule has 0 aliphatic heterocycles. The Morgan fingerprint density at radius 3 is 2.17 bits per heavy atom. The Kier molecular flexibility index (Phi) is 5.37. The van der Waals surface area contributed by atoms with Crippen LogP contribution >= 0.6 is 0 Å². The molecule has 0 radical (unpaired) electrons. The van der Waals surface area contributed by atoms with E-state index in [9.17, 15) is 22.4 Å². The highest BCUT2D eigenvalue weighted by Crippen LogP contribution is 2.60. The van der Waals surface area contributed by atoms with E-state index in [2.05, 4.69) is 15.6 Å². The first-order chi connectivity index (χ1) is 13.8. The lowest BCUT2D eigenvalue weighted by molar-refractivity contribution is -0.148. The standard InChI is InChI=1S/C20H26FN3O4S/c21-16-3-1-2-4-17(16)29(27,28)22-6-5-18(25)23-24-19(26)20-10-13-7-14(11-20)9-15(8-13)12-20/h1-4,13-15,22H,5-12H2,(H,23,25)(H,24,26). The normalized spacial score (nSPS) is 30.2. The highest BCUT2D eigenvalue weighted by atomic mass is 32.2. The van der Waals surface area contributed by atoms with Crippen LogP contribution in [0.1, 0.15) is 44.9 Å². The summed E-state index contributed by atoms with van der Waals surface area (Å²) in [6, 6.07) is 5.03. The molecule has 0 aromatic heterocycles. The van der Waals surface area contributed by atoms with Gasteiger partial charge in [-0.25, -0.2) is 17.5 Å². The van der Waals surface area contributed by atoms with E-state index in [1.54, 1.807) is 0 Å². The van der Waals surface area contributed by atoms with Gasteiger partial charge >= 0.3 is 0 Å². The van der Waals surface area contributed by atoms with Gasteiger partial charge in [-0.15, -0.1) is 0 Å². The van der Waals surface area contributed by atoms with E-state index >= 15 is 0 Å². The van der Waals surface area contributed by atoms with Gasteiger partial charge in [0.25, 0.3) is 0 Å². The summed E-state index contributed by atoms with van der Waals surface area (Å²) in [5.74, 6) is 0.380. The number of halogens is 1. The highest BCUT2D eigenvalue weighted by molar-refractivity contribution is 7.89. The molecule has 0 unspecified atom stereocenters. The molecule has 4 saturated carbocycles. The summed E-state index contributed by atoms with van der Waals surface area (Å²) in [5, 5.41) is 0. The molecule has 9 heteroatoms. The van der Waals surface area contributed by atoms with Gasteiger partial charge < -0.3 is 0 Å². The maximum Gasteiger partial charge on any atom is 0.244 e. The van der Waals surface area contributed by atoms with Crippen molar-refractivity contribution in [2.45, 2.75) is 49.8 Å². The van der Waals surface area contributed by atoms with Gasteiger partial charge in [0.15, 0.2) is 0 Å². The lowest BCUT2D eigenvalue weighted by Crippen LogP contribution is -2.56.